The number of amides is 1. The zero-order valence-electron chi connectivity index (χ0n) is 11.5. The quantitative estimate of drug-likeness (QED) is 0.826. The monoisotopic (exact) mass is 318 g/mol. The number of fused-ring (bicyclic) bond motifs is 1. The van der Waals surface area contributed by atoms with Crippen molar-refractivity contribution in [2.45, 2.75) is 23.5 Å². The number of aryl methyl sites for hydroxylation is 1. The summed E-state index contributed by atoms with van der Waals surface area (Å²) in [6.45, 7) is 1.90. The number of hydrogen-bond acceptors (Lipinski definition) is 3. The van der Waals surface area contributed by atoms with Gasteiger partial charge in [0.05, 0.1) is 16.0 Å². The maximum Gasteiger partial charge on any atom is 0.238 e. The van der Waals surface area contributed by atoms with Crippen molar-refractivity contribution >= 4 is 40.6 Å². The minimum Gasteiger partial charge on any atom is -0.398 e. The van der Waals surface area contributed by atoms with E-state index in [4.69, 9.17) is 17.3 Å². The number of benzene rings is 2. The van der Waals surface area contributed by atoms with E-state index in [1.54, 1.807) is 23.9 Å². The van der Waals surface area contributed by atoms with Gasteiger partial charge in [0, 0.05) is 10.6 Å². The molecule has 0 saturated heterocycles. The second-order valence-electron chi connectivity index (χ2n) is 5.10. The van der Waals surface area contributed by atoms with Crippen molar-refractivity contribution in [1.82, 2.24) is 0 Å². The summed E-state index contributed by atoms with van der Waals surface area (Å²) in [7, 11) is 0. The first-order valence-corrected chi connectivity index (χ1v) is 7.91. The summed E-state index contributed by atoms with van der Waals surface area (Å²) >= 11 is 7.63. The Balaban J connectivity index is 1.75. The Bertz CT molecular complexity index is 692. The van der Waals surface area contributed by atoms with Crippen LogP contribution in [0, 0.1) is 6.92 Å². The molecule has 1 aliphatic rings. The molecule has 0 fully saturated rings. The Morgan fingerprint density at radius 3 is 2.90 bits per heavy atom. The van der Waals surface area contributed by atoms with Crippen molar-refractivity contribution in [2.75, 3.05) is 11.1 Å². The van der Waals surface area contributed by atoms with Crippen LogP contribution in [0.25, 0.3) is 0 Å². The normalized spacial score (nSPS) is 16.6. The highest BCUT2D eigenvalue weighted by Crippen LogP contribution is 2.37. The molecule has 1 atom stereocenters. The molecule has 0 aromatic heterocycles. The predicted molar refractivity (Wildman–Crippen MR) is 89.0 cm³/mol. The third-order valence-electron chi connectivity index (χ3n) is 3.54. The van der Waals surface area contributed by atoms with E-state index < -0.39 is 0 Å². The summed E-state index contributed by atoms with van der Waals surface area (Å²) < 4.78 is 0. The van der Waals surface area contributed by atoms with Gasteiger partial charge in [-0.1, -0.05) is 29.8 Å². The molecular formula is C16H15ClN2OS. The maximum atomic E-state index is 12.4. The molecule has 1 heterocycles. The summed E-state index contributed by atoms with van der Waals surface area (Å²) in [4.78, 5) is 13.6. The van der Waals surface area contributed by atoms with Crippen LogP contribution in [-0.4, -0.2) is 11.2 Å². The van der Waals surface area contributed by atoms with Crippen molar-refractivity contribution in [3.05, 3.63) is 52.5 Å². The standard InChI is InChI=1S/C16H15ClN2OS/c1-9-6-12(18)11(17)8-13(9)19-16(20)15-7-10-4-2-3-5-14(10)21-15/h2-6,8,15H,7,18H2,1H3,(H,19,20). The molecule has 21 heavy (non-hydrogen) atoms. The lowest BCUT2D eigenvalue weighted by Crippen LogP contribution is -2.25. The average Bonchev–Trinajstić information content (AvgIpc) is 2.88. The molecule has 1 aliphatic heterocycles. The molecule has 3 nitrogen and oxygen atoms in total. The molecule has 3 rings (SSSR count). The fourth-order valence-corrected chi connectivity index (χ4v) is 3.74. The average molecular weight is 319 g/mol. The molecule has 1 unspecified atom stereocenters. The molecule has 2 aromatic rings. The van der Waals surface area contributed by atoms with Crippen LogP contribution in [0.4, 0.5) is 11.4 Å². The fourth-order valence-electron chi connectivity index (χ4n) is 2.38. The van der Waals surface area contributed by atoms with E-state index in [2.05, 4.69) is 17.4 Å². The Kier molecular flexibility index (Phi) is 3.83. The molecule has 2 aromatic carbocycles. The minimum atomic E-state index is -0.0990. The van der Waals surface area contributed by atoms with E-state index in [0.29, 0.717) is 10.7 Å². The van der Waals surface area contributed by atoms with E-state index in [1.807, 2.05) is 19.1 Å². The van der Waals surface area contributed by atoms with Gasteiger partial charge in [-0.25, -0.2) is 0 Å². The third-order valence-corrected chi connectivity index (χ3v) is 5.19. The second kappa shape index (κ2) is 5.62. The predicted octanol–water partition coefficient (Wildman–Crippen LogP) is 3.89. The number of nitrogen functional groups attached to an aromatic ring is 1. The number of anilines is 2. The number of hydrogen-bond donors (Lipinski definition) is 2. The summed E-state index contributed by atoms with van der Waals surface area (Å²) in [6, 6.07) is 11.6. The Hall–Kier alpha value is -1.65. The number of nitrogens with two attached hydrogens (primary N) is 1. The highest BCUT2D eigenvalue weighted by molar-refractivity contribution is 8.01. The van der Waals surface area contributed by atoms with Gasteiger partial charge in [-0.3, -0.25) is 4.79 Å². The van der Waals surface area contributed by atoms with Crippen LogP contribution in [-0.2, 0) is 11.2 Å². The van der Waals surface area contributed by atoms with E-state index >= 15 is 0 Å². The molecule has 0 bridgehead atoms. The number of rotatable bonds is 2. The van der Waals surface area contributed by atoms with Crippen molar-refractivity contribution in [3.63, 3.8) is 0 Å². The second-order valence-corrected chi connectivity index (χ2v) is 6.75. The van der Waals surface area contributed by atoms with Crippen LogP contribution in [0.2, 0.25) is 5.02 Å². The highest BCUT2D eigenvalue weighted by Gasteiger charge is 2.28. The summed E-state index contributed by atoms with van der Waals surface area (Å²) in [5, 5.41) is 3.31. The molecule has 0 spiro atoms. The van der Waals surface area contributed by atoms with Gasteiger partial charge in [-0.15, -0.1) is 11.8 Å². The third kappa shape index (κ3) is 2.87. The number of carbonyl (C=O) groups excluding carboxylic acids is 1. The molecule has 1 amide bonds. The molecule has 0 saturated carbocycles. The smallest absolute Gasteiger partial charge is 0.238 e. The number of carbonyl (C=O) groups is 1. The molecular weight excluding hydrogens is 304 g/mol. The Morgan fingerprint density at radius 2 is 2.14 bits per heavy atom. The van der Waals surface area contributed by atoms with Crippen molar-refractivity contribution in [3.8, 4) is 0 Å². The lowest BCUT2D eigenvalue weighted by molar-refractivity contribution is -0.115. The van der Waals surface area contributed by atoms with Crippen LogP contribution < -0.4 is 11.1 Å². The molecule has 108 valence electrons. The van der Waals surface area contributed by atoms with Gasteiger partial charge in [0.25, 0.3) is 0 Å². The lowest BCUT2D eigenvalue weighted by atomic mass is 10.1. The summed E-state index contributed by atoms with van der Waals surface area (Å²) in [5.41, 5.74) is 9.13. The first-order chi connectivity index (χ1) is 10.0. The van der Waals surface area contributed by atoms with E-state index in [9.17, 15) is 4.79 Å². The Labute approximate surface area is 132 Å². The summed E-state index contributed by atoms with van der Waals surface area (Å²) in [6.07, 6.45) is 0.758. The van der Waals surface area contributed by atoms with Crippen LogP contribution in [0.3, 0.4) is 0 Å². The first kappa shape index (κ1) is 14.3. The van der Waals surface area contributed by atoms with Crippen LogP contribution in [0.1, 0.15) is 11.1 Å². The van der Waals surface area contributed by atoms with Gasteiger partial charge in [0.15, 0.2) is 0 Å². The zero-order chi connectivity index (χ0) is 15.0. The van der Waals surface area contributed by atoms with Gasteiger partial charge < -0.3 is 11.1 Å². The van der Waals surface area contributed by atoms with Gasteiger partial charge in [-0.2, -0.15) is 0 Å². The zero-order valence-corrected chi connectivity index (χ0v) is 13.1. The van der Waals surface area contributed by atoms with E-state index in [0.717, 1.165) is 17.7 Å². The van der Waals surface area contributed by atoms with Crippen LogP contribution in [0.5, 0.6) is 0 Å². The van der Waals surface area contributed by atoms with Crippen LogP contribution >= 0.6 is 23.4 Å². The topological polar surface area (TPSA) is 55.1 Å². The maximum absolute atomic E-state index is 12.4. The molecule has 5 heteroatoms. The Morgan fingerprint density at radius 1 is 1.38 bits per heavy atom. The van der Waals surface area contributed by atoms with Crippen LogP contribution in [0.15, 0.2) is 41.3 Å². The van der Waals surface area contributed by atoms with Crippen molar-refractivity contribution in [1.29, 1.82) is 0 Å². The number of thioether (sulfide) groups is 1. The lowest BCUT2D eigenvalue weighted by Gasteiger charge is -2.13. The van der Waals surface area contributed by atoms with Crippen molar-refractivity contribution in [2.24, 2.45) is 0 Å². The van der Waals surface area contributed by atoms with Gasteiger partial charge in [-0.05, 0) is 42.7 Å². The number of halogens is 1. The van der Waals surface area contributed by atoms with Crippen molar-refractivity contribution < 1.29 is 4.79 Å². The van der Waals surface area contributed by atoms with Gasteiger partial charge >= 0.3 is 0 Å². The van der Waals surface area contributed by atoms with E-state index in [1.165, 1.54) is 10.5 Å². The van der Waals surface area contributed by atoms with E-state index in [-0.39, 0.29) is 11.2 Å². The largest absolute Gasteiger partial charge is 0.398 e. The molecule has 0 radical (unpaired) electrons. The van der Waals surface area contributed by atoms with Gasteiger partial charge in [0.1, 0.15) is 0 Å². The molecule has 0 aliphatic carbocycles. The first-order valence-electron chi connectivity index (χ1n) is 6.65. The minimum absolute atomic E-state index is 0.000128. The SMILES string of the molecule is Cc1cc(N)c(Cl)cc1NC(=O)C1Cc2ccccc2S1. The van der Waals surface area contributed by atoms with Gasteiger partial charge in [0.2, 0.25) is 5.91 Å². The summed E-state index contributed by atoms with van der Waals surface area (Å²) in [5.74, 6) is 0.000128. The fraction of sp³-hybridized carbons (Fsp3) is 0.188. The highest BCUT2D eigenvalue weighted by atomic mass is 35.5. The molecule has 3 N–H and O–H groups in total. The number of nitrogens with one attached hydrogen (secondary N) is 1.